The summed E-state index contributed by atoms with van der Waals surface area (Å²) in [6.45, 7) is 2.05. The lowest BCUT2D eigenvalue weighted by Crippen LogP contribution is -2.28. The monoisotopic (exact) mass is 317 g/mol. The van der Waals surface area contributed by atoms with Crippen LogP contribution in [0, 0.1) is 18.6 Å². The minimum Gasteiger partial charge on any atom is -0.356 e. The molecule has 0 aliphatic carbocycles. The highest BCUT2D eigenvalue weighted by atomic mass is 19.1. The number of aromatic nitrogens is 1. The minimum atomic E-state index is -0.845. The molecular formula is C16H13F2N3O2. The topological polar surface area (TPSA) is 67.2 Å². The highest BCUT2D eigenvalue weighted by Gasteiger charge is 2.11. The molecule has 1 aromatic heterocycles. The van der Waals surface area contributed by atoms with Gasteiger partial charge in [-0.05, 0) is 31.2 Å². The van der Waals surface area contributed by atoms with E-state index in [2.05, 4.69) is 15.8 Å². The molecule has 0 aliphatic rings. The summed E-state index contributed by atoms with van der Waals surface area (Å²) in [4.78, 5) is 11.8. The van der Waals surface area contributed by atoms with Gasteiger partial charge in [-0.25, -0.2) is 13.6 Å². The number of urea groups is 1. The highest BCUT2D eigenvalue weighted by Crippen LogP contribution is 2.20. The molecule has 23 heavy (non-hydrogen) atoms. The Kier molecular flexibility index (Phi) is 3.92. The van der Waals surface area contributed by atoms with Gasteiger partial charge in [0.05, 0.1) is 12.2 Å². The van der Waals surface area contributed by atoms with E-state index in [4.69, 9.17) is 4.52 Å². The Balaban J connectivity index is 1.67. The molecular weight excluding hydrogens is 304 g/mol. The number of benzene rings is 2. The Hall–Kier alpha value is -2.96. The number of halogens is 2. The number of amides is 2. The molecule has 3 rings (SSSR count). The number of nitrogens with zero attached hydrogens (tertiary/aromatic N) is 1. The molecule has 0 spiro atoms. The summed E-state index contributed by atoms with van der Waals surface area (Å²) < 4.78 is 31.4. The molecule has 2 amide bonds. The van der Waals surface area contributed by atoms with Gasteiger partial charge in [0.25, 0.3) is 0 Å². The van der Waals surface area contributed by atoms with Gasteiger partial charge in [0, 0.05) is 11.5 Å². The van der Waals surface area contributed by atoms with Gasteiger partial charge in [-0.15, -0.1) is 0 Å². The smallest absolute Gasteiger partial charge is 0.319 e. The second-order valence-corrected chi connectivity index (χ2v) is 5.06. The van der Waals surface area contributed by atoms with Crippen LogP contribution >= 0.6 is 0 Å². The molecule has 0 saturated heterocycles. The van der Waals surface area contributed by atoms with E-state index in [1.54, 1.807) is 6.07 Å². The maximum Gasteiger partial charge on any atom is 0.319 e. The van der Waals surface area contributed by atoms with Crippen LogP contribution in [-0.2, 0) is 6.54 Å². The molecule has 7 heteroatoms. The number of hydrogen-bond acceptors (Lipinski definition) is 3. The fourth-order valence-corrected chi connectivity index (χ4v) is 2.15. The van der Waals surface area contributed by atoms with Crippen molar-refractivity contribution in [3.8, 4) is 0 Å². The molecule has 0 saturated carbocycles. The number of nitrogens with one attached hydrogen (secondary N) is 2. The first-order valence-electron chi connectivity index (χ1n) is 6.88. The first kappa shape index (κ1) is 15.0. The summed E-state index contributed by atoms with van der Waals surface area (Å²) in [6.07, 6.45) is 0. The number of fused-ring (bicyclic) bond motifs is 1. The van der Waals surface area contributed by atoms with Crippen molar-refractivity contribution in [3.05, 3.63) is 59.3 Å². The van der Waals surface area contributed by atoms with Crippen molar-refractivity contribution in [2.45, 2.75) is 13.5 Å². The van der Waals surface area contributed by atoms with E-state index in [0.29, 0.717) is 17.3 Å². The molecule has 3 aromatic rings. The molecule has 0 atom stereocenters. The molecule has 0 fully saturated rings. The van der Waals surface area contributed by atoms with Crippen LogP contribution in [0.3, 0.4) is 0 Å². The normalized spacial score (nSPS) is 10.7. The van der Waals surface area contributed by atoms with Gasteiger partial charge in [0.15, 0.2) is 5.58 Å². The molecule has 118 valence electrons. The molecule has 0 aliphatic heterocycles. The number of hydrogen-bond donors (Lipinski definition) is 2. The van der Waals surface area contributed by atoms with Crippen molar-refractivity contribution in [2.24, 2.45) is 0 Å². The number of rotatable bonds is 3. The second-order valence-electron chi connectivity index (χ2n) is 5.06. The zero-order chi connectivity index (χ0) is 16.4. The lowest BCUT2D eigenvalue weighted by molar-refractivity contribution is 0.251. The Morgan fingerprint density at radius 2 is 2.04 bits per heavy atom. The van der Waals surface area contributed by atoms with E-state index < -0.39 is 17.7 Å². The van der Waals surface area contributed by atoms with Crippen molar-refractivity contribution in [3.63, 3.8) is 0 Å². The minimum absolute atomic E-state index is 0.107. The van der Waals surface area contributed by atoms with Crippen LogP contribution in [-0.4, -0.2) is 11.2 Å². The third-order valence-electron chi connectivity index (χ3n) is 3.30. The molecule has 0 radical (unpaired) electrons. The van der Waals surface area contributed by atoms with Gasteiger partial charge >= 0.3 is 6.03 Å². The zero-order valence-corrected chi connectivity index (χ0v) is 12.2. The number of anilines is 1. The van der Waals surface area contributed by atoms with Gasteiger partial charge in [-0.1, -0.05) is 16.8 Å². The van der Waals surface area contributed by atoms with Gasteiger partial charge in [-0.3, -0.25) is 0 Å². The van der Waals surface area contributed by atoms with Gasteiger partial charge in [0.1, 0.15) is 17.3 Å². The lowest BCUT2D eigenvalue weighted by atomic mass is 10.1. The standard InChI is InChI=1S/C16H13F2N3O2/c1-9-2-5-15-11(6-9)14(21-23-15)8-19-16(22)20-13-4-3-10(17)7-12(13)18/h2-7H,8H2,1H3,(H2,19,20,22). The van der Waals surface area contributed by atoms with Crippen LogP contribution in [0.25, 0.3) is 11.0 Å². The molecule has 1 heterocycles. The van der Waals surface area contributed by atoms with E-state index in [0.717, 1.165) is 23.1 Å². The molecule has 0 unspecified atom stereocenters. The maximum absolute atomic E-state index is 13.5. The Labute approximate surface area is 130 Å². The fraction of sp³-hybridized carbons (Fsp3) is 0.125. The summed E-state index contributed by atoms with van der Waals surface area (Å²) >= 11 is 0. The first-order valence-corrected chi connectivity index (χ1v) is 6.88. The van der Waals surface area contributed by atoms with E-state index in [-0.39, 0.29) is 12.2 Å². The average Bonchev–Trinajstić information content (AvgIpc) is 2.90. The van der Waals surface area contributed by atoms with Crippen LogP contribution in [0.2, 0.25) is 0 Å². The van der Waals surface area contributed by atoms with Gasteiger partial charge in [-0.2, -0.15) is 0 Å². The van der Waals surface area contributed by atoms with E-state index >= 15 is 0 Å². The van der Waals surface area contributed by atoms with Crippen LogP contribution in [0.5, 0.6) is 0 Å². The van der Waals surface area contributed by atoms with Crippen molar-refractivity contribution in [2.75, 3.05) is 5.32 Å². The molecule has 5 nitrogen and oxygen atoms in total. The largest absolute Gasteiger partial charge is 0.356 e. The van der Waals surface area contributed by atoms with E-state index in [1.807, 2.05) is 19.1 Å². The average molecular weight is 317 g/mol. The van der Waals surface area contributed by atoms with Crippen LogP contribution in [0.1, 0.15) is 11.3 Å². The maximum atomic E-state index is 13.5. The van der Waals surface area contributed by atoms with Crippen LogP contribution in [0.15, 0.2) is 40.9 Å². The van der Waals surface area contributed by atoms with Gasteiger partial charge in [0.2, 0.25) is 0 Å². The lowest BCUT2D eigenvalue weighted by Gasteiger charge is -2.07. The molecule has 2 aromatic carbocycles. The van der Waals surface area contributed by atoms with Crippen molar-refractivity contribution in [1.82, 2.24) is 10.5 Å². The molecule has 0 bridgehead atoms. The Morgan fingerprint density at radius 3 is 2.83 bits per heavy atom. The van der Waals surface area contributed by atoms with Crippen molar-refractivity contribution < 1.29 is 18.1 Å². The predicted molar refractivity (Wildman–Crippen MR) is 81.0 cm³/mol. The summed E-state index contributed by atoms with van der Waals surface area (Å²) in [6, 6.07) is 7.89. The predicted octanol–water partition coefficient (Wildman–Crippen LogP) is 3.74. The zero-order valence-electron chi connectivity index (χ0n) is 12.2. The SMILES string of the molecule is Cc1ccc2onc(CNC(=O)Nc3ccc(F)cc3F)c2c1. The Morgan fingerprint density at radius 1 is 1.22 bits per heavy atom. The number of carbonyl (C=O) groups is 1. The van der Waals surface area contributed by atoms with Gasteiger partial charge < -0.3 is 15.2 Å². The third kappa shape index (κ3) is 3.28. The van der Waals surface area contributed by atoms with Crippen molar-refractivity contribution in [1.29, 1.82) is 0 Å². The first-order chi connectivity index (χ1) is 11.0. The fourth-order valence-electron chi connectivity index (χ4n) is 2.15. The van der Waals surface area contributed by atoms with Crippen molar-refractivity contribution >= 4 is 22.7 Å². The van der Waals surface area contributed by atoms with Crippen LogP contribution in [0.4, 0.5) is 19.3 Å². The third-order valence-corrected chi connectivity index (χ3v) is 3.30. The summed E-state index contributed by atoms with van der Waals surface area (Å²) in [5.74, 6) is -1.56. The summed E-state index contributed by atoms with van der Waals surface area (Å²) in [5, 5.41) is 9.57. The Bertz CT molecular complexity index is 877. The number of aryl methyl sites for hydroxylation is 1. The molecule has 2 N–H and O–H groups in total. The quantitative estimate of drug-likeness (QED) is 0.773. The second kappa shape index (κ2) is 6.04. The number of carbonyl (C=O) groups excluding carboxylic acids is 1. The highest BCUT2D eigenvalue weighted by molar-refractivity contribution is 5.89. The van der Waals surface area contributed by atoms with E-state index in [1.165, 1.54) is 0 Å². The van der Waals surface area contributed by atoms with Crippen LogP contribution < -0.4 is 10.6 Å². The summed E-state index contributed by atoms with van der Waals surface area (Å²) in [5.41, 5.74) is 2.13. The van der Waals surface area contributed by atoms with E-state index in [9.17, 15) is 13.6 Å². The summed E-state index contributed by atoms with van der Waals surface area (Å²) in [7, 11) is 0.